The van der Waals surface area contributed by atoms with Crippen LogP contribution in [0.25, 0.3) is 0 Å². The number of carbonyl (C=O) groups is 1. The molecule has 0 unspecified atom stereocenters. The third-order valence-electron chi connectivity index (χ3n) is 1.11. The number of allylic oxidation sites excluding steroid dienone is 1. The van der Waals surface area contributed by atoms with Crippen LogP contribution >= 0.6 is 11.8 Å². The van der Waals surface area contributed by atoms with E-state index in [9.17, 15) is 13.2 Å². The lowest BCUT2D eigenvalue weighted by atomic mass is 10.4. The van der Waals surface area contributed by atoms with Crippen LogP contribution in [0.5, 0.6) is 0 Å². The molecule has 5 heteroatoms. The minimum atomic E-state index is -3.19. The molecule has 0 saturated carbocycles. The molecule has 0 spiro atoms. The Morgan fingerprint density at radius 2 is 2.20 bits per heavy atom. The monoisotopic (exact) mass is 178 g/mol. The summed E-state index contributed by atoms with van der Waals surface area (Å²) in [4.78, 5) is 11.1. The number of hydrogen-bond donors (Lipinski definition) is 0. The van der Waals surface area contributed by atoms with E-state index in [0.717, 1.165) is 5.41 Å². The molecule has 0 aliphatic carbocycles. The van der Waals surface area contributed by atoms with E-state index in [0.29, 0.717) is 4.91 Å². The molecule has 0 radical (unpaired) electrons. The normalized spacial score (nSPS) is 22.9. The predicted octanol–water partition coefficient (Wildman–Crippen LogP) is 0.188. The quantitative estimate of drug-likeness (QED) is 0.575. The summed E-state index contributed by atoms with van der Waals surface area (Å²) < 4.78 is 21.4. The fraction of sp³-hybridized carbons (Fsp3) is 0.400. The lowest BCUT2D eigenvalue weighted by Gasteiger charge is -1.86. The number of Topliss-reactive ketones (excluding diaryl/α,β-unsaturated/α-hetero) is 1. The summed E-state index contributed by atoms with van der Waals surface area (Å²) >= 11 is 1.18. The molecule has 0 aromatic carbocycles. The van der Waals surface area contributed by atoms with Crippen molar-refractivity contribution in [3.05, 3.63) is 10.3 Å². The van der Waals surface area contributed by atoms with E-state index >= 15 is 0 Å². The van der Waals surface area contributed by atoms with Gasteiger partial charge in [0.25, 0.3) is 0 Å². The van der Waals surface area contributed by atoms with Crippen molar-refractivity contribution >= 4 is 27.4 Å². The number of ketones is 1. The van der Waals surface area contributed by atoms with Crippen molar-refractivity contribution in [3.8, 4) is 0 Å². The molecule has 1 aliphatic rings. The maximum absolute atomic E-state index is 10.8. The summed E-state index contributed by atoms with van der Waals surface area (Å²) in [7, 11) is -3.19. The second-order valence-electron chi connectivity index (χ2n) is 1.92. The second-order valence-corrected chi connectivity index (χ2v) is 4.61. The fourth-order valence-corrected chi connectivity index (χ4v) is 2.96. The third-order valence-corrected chi connectivity index (χ3v) is 3.31. The van der Waals surface area contributed by atoms with Gasteiger partial charge >= 0.3 is 0 Å². The van der Waals surface area contributed by atoms with Gasteiger partial charge in [0.2, 0.25) is 0 Å². The van der Waals surface area contributed by atoms with Crippen LogP contribution in [0.15, 0.2) is 10.3 Å². The minimum Gasteiger partial charge on any atom is -0.292 e. The molecule has 1 heterocycles. The molecule has 0 aromatic heterocycles. The highest BCUT2D eigenvalue weighted by Gasteiger charge is 2.26. The molecule has 0 fully saturated rings. The Morgan fingerprint density at radius 3 is 2.40 bits per heavy atom. The summed E-state index contributed by atoms with van der Waals surface area (Å²) in [5.41, 5.74) is 0. The molecule has 10 heavy (non-hydrogen) atoms. The minimum absolute atomic E-state index is 0.285. The van der Waals surface area contributed by atoms with Crippen molar-refractivity contribution in [3.63, 3.8) is 0 Å². The smallest absolute Gasteiger partial charge is 0.185 e. The molecule has 0 saturated heterocycles. The first kappa shape index (κ1) is 7.81. The average molecular weight is 178 g/mol. The number of thioether (sulfide) groups is 1. The first-order valence-electron chi connectivity index (χ1n) is 2.57. The molecule has 0 amide bonds. The first-order valence-corrected chi connectivity index (χ1v) is 5.51. The molecule has 0 N–H and O–H groups in total. The number of rotatable bonds is 1. The van der Waals surface area contributed by atoms with E-state index in [1.807, 2.05) is 0 Å². The summed E-state index contributed by atoms with van der Waals surface area (Å²) in [6, 6.07) is 0. The van der Waals surface area contributed by atoms with Gasteiger partial charge in [-0.2, -0.15) is 0 Å². The number of hydrogen-bond acceptors (Lipinski definition) is 4. The molecule has 3 nitrogen and oxygen atoms in total. The van der Waals surface area contributed by atoms with Crippen molar-refractivity contribution in [2.24, 2.45) is 0 Å². The van der Waals surface area contributed by atoms with Gasteiger partial charge in [-0.05, 0) is 6.26 Å². The van der Waals surface area contributed by atoms with Gasteiger partial charge in [0.15, 0.2) is 15.6 Å². The van der Waals surface area contributed by atoms with E-state index < -0.39 is 9.84 Å². The molecule has 0 atom stereocenters. The molecule has 0 bridgehead atoms. The van der Waals surface area contributed by atoms with Crippen molar-refractivity contribution in [1.82, 2.24) is 0 Å². The van der Waals surface area contributed by atoms with Gasteiger partial charge in [-0.1, -0.05) is 0 Å². The SMILES string of the molecule is CSC1=CS(=O)(=O)CC1=O. The molecule has 1 aliphatic heterocycles. The van der Waals surface area contributed by atoms with E-state index in [1.165, 1.54) is 11.8 Å². The largest absolute Gasteiger partial charge is 0.292 e. The van der Waals surface area contributed by atoms with E-state index in [1.54, 1.807) is 6.26 Å². The van der Waals surface area contributed by atoms with Crippen LogP contribution in [-0.4, -0.2) is 26.2 Å². The van der Waals surface area contributed by atoms with Crippen LogP contribution in [0.2, 0.25) is 0 Å². The third kappa shape index (κ3) is 1.41. The second kappa shape index (κ2) is 2.39. The van der Waals surface area contributed by atoms with Gasteiger partial charge in [0.1, 0.15) is 5.75 Å². The highest BCUT2D eigenvalue weighted by molar-refractivity contribution is 8.05. The van der Waals surface area contributed by atoms with E-state index in [-0.39, 0.29) is 11.5 Å². The standard InChI is InChI=1S/C5H6O3S2/c1-9-5-3-10(7,8)2-4(5)6/h3H,2H2,1H3. The van der Waals surface area contributed by atoms with Gasteiger partial charge < -0.3 is 0 Å². The Balaban J connectivity index is 3.05. The highest BCUT2D eigenvalue weighted by atomic mass is 32.2. The molecular weight excluding hydrogens is 172 g/mol. The zero-order chi connectivity index (χ0) is 7.78. The van der Waals surface area contributed by atoms with Gasteiger partial charge in [-0.25, -0.2) is 8.42 Å². The Bertz CT molecular complexity index is 286. The zero-order valence-electron chi connectivity index (χ0n) is 5.33. The van der Waals surface area contributed by atoms with Crippen molar-refractivity contribution in [2.75, 3.05) is 12.0 Å². The van der Waals surface area contributed by atoms with Gasteiger partial charge in [0, 0.05) is 5.41 Å². The van der Waals surface area contributed by atoms with Gasteiger partial charge in [-0.3, -0.25) is 4.79 Å². The lowest BCUT2D eigenvalue weighted by molar-refractivity contribution is -0.112. The van der Waals surface area contributed by atoms with Crippen LogP contribution in [0, 0.1) is 0 Å². The van der Waals surface area contributed by atoms with Gasteiger partial charge in [0.05, 0.1) is 4.91 Å². The summed E-state index contributed by atoms with van der Waals surface area (Å²) in [5, 5.41) is 1.04. The van der Waals surface area contributed by atoms with Crippen LogP contribution in [0.3, 0.4) is 0 Å². The van der Waals surface area contributed by atoms with Crippen LogP contribution in [0.4, 0.5) is 0 Å². The maximum Gasteiger partial charge on any atom is 0.185 e. The average Bonchev–Trinajstić information content (AvgIpc) is 2.05. The Kier molecular flexibility index (Phi) is 1.87. The Hall–Kier alpha value is -0.290. The van der Waals surface area contributed by atoms with Crippen molar-refractivity contribution < 1.29 is 13.2 Å². The number of carbonyl (C=O) groups excluding carboxylic acids is 1. The molecular formula is C5H6O3S2. The van der Waals surface area contributed by atoms with E-state index in [4.69, 9.17) is 0 Å². The van der Waals surface area contributed by atoms with Gasteiger partial charge in [-0.15, -0.1) is 11.8 Å². The molecule has 56 valence electrons. The van der Waals surface area contributed by atoms with Crippen LogP contribution < -0.4 is 0 Å². The summed E-state index contributed by atoms with van der Waals surface area (Å²) in [6.07, 6.45) is 1.69. The molecule has 0 aromatic rings. The summed E-state index contributed by atoms with van der Waals surface area (Å²) in [5.74, 6) is -0.629. The fourth-order valence-electron chi connectivity index (χ4n) is 0.686. The predicted molar refractivity (Wildman–Crippen MR) is 40.4 cm³/mol. The van der Waals surface area contributed by atoms with Crippen LogP contribution in [-0.2, 0) is 14.6 Å². The Labute approximate surface area is 63.4 Å². The lowest BCUT2D eigenvalue weighted by Crippen LogP contribution is -2.04. The Morgan fingerprint density at radius 1 is 1.60 bits per heavy atom. The van der Waals surface area contributed by atoms with E-state index in [2.05, 4.69) is 0 Å². The zero-order valence-corrected chi connectivity index (χ0v) is 6.96. The maximum atomic E-state index is 10.8. The van der Waals surface area contributed by atoms with Crippen LogP contribution in [0.1, 0.15) is 0 Å². The first-order chi connectivity index (χ1) is 4.55. The topological polar surface area (TPSA) is 51.2 Å². The van der Waals surface area contributed by atoms with Crippen molar-refractivity contribution in [2.45, 2.75) is 0 Å². The summed E-state index contributed by atoms with van der Waals surface area (Å²) in [6.45, 7) is 0. The molecule has 1 rings (SSSR count). The number of sulfone groups is 1. The highest BCUT2D eigenvalue weighted by Crippen LogP contribution is 2.21. The van der Waals surface area contributed by atoms with Crippen molar-refractivity contribution in [1.29, 1.82) is 0 Å².